The standard InChI is InChI=1S/C13H18ClN4O7PS/c14-10-5-3-9(4-6-10)8-25-13(20)16-11-2-1-7-18(12(11)19)26(15,21)17-27(22,23)24/h3-6,11H,1-2,7-8H2,(H,16,20)(H3,15,17,21)(H,22,23,24)/t11-,26?/m1/s1. The first-order valence-electron chi connectivity index (χ1n) is 7.62. The van der Waals surface area contributed by atoms with Gasteiger partial charge in [0.05, 0.1) is 0 Å². The van der Waals surface area contributed by atoms with Crippen molar-refractivity contribution < 1.29 is 31.9 Å². The third-order valence-electron chi connectivity index (χ3n) is 3.60. The summed E-state index contributed by atoms with van der Waals surface area (Å²) in [7, 11) is -9.29. The van der Waals surface area contributed by atoms with Crippen LogP contribution < -0.4 is 15.3 Å². The highest BCUT2D eigenvalue weighted by Crippen LogP contribution is 2.40. The zero-order chi connectivity index (χ0) is 20.2. The van der Waals surface area contributed by atoms with E-state index in [2.05, 4.69) is 5.32 Å². The number of alkyl carbamates (subject to hydrolysis) is 1. The van der Waals surface area contributed by atoms with E-state index in [1.165, 1.54) is 4.49 Å². The van der Waals surface area contributed by atoms with Crippen molar-refractivity contribution in [2.24, 2.45) is 5.50 Å². The fourth-order valence-corrected chi connectivity index (χ4v) is 5.13. The summed E-state index contributed by atoms with van der Waals surface area (Å²) in [6, 6.07) is 5.48. The molecule has 5 N–H and O–H groups in total. The Morgan fingerprint density at radius 1 is 1.41 bits per heavy atom. The van der Waals surface area contributed by atoms with E-state index in [0.717, 1.165) is 0 Å². The third kappa shape index (κ3) is 6.45. The summed E-state index contributed by atoms with van der Waals surface area (Å²) in [5.41, 5.74) is 6.04. The highest BCUT2D eigenvalue weighted by atomic mass is 35.5. The van der Waals surface area contributed by atoms with Gasteiger partial charge in [-0.3, -0.25) is 24.1 Å². The van der Waals surface area contributed by atoms with E-state index in [1.54, 1.807) is 24.3 Å². The second-order valence-electron chi connectivity index (χ2n) is 5.69. The summed E-state index contributed by atoms with van der Waals surface area (Å²) < 4.78 is 49.6. The number of nitrogens with one attached hydrogen (secondary N) is 2. The Kier molecular flexibility index (Phi) is 6.84. The predicted octanol–water partition coefficient (Wildman–Crippen LogP) is 1.02. The molecule has 1 aliphatic heterocycles. The number of amides is 2. The maximum atomic E-state index is 12.4. The average molecular weight is 441 g/mol. The molecule has 11 nitrogen and oxygen atoms in total. The van der Waals surface area contributed by atoms with E-state index in [0.29, 0.717) is 21.7 Å². The van der Waals surface area contributed by atoms with Crippen LogP contribution in [0.3, 0.4) is 0 Å². The summed E-state index contributed by atoms with van der Waals surface area (Å²) in [4.78, 5) is 24.3. The third-order valence-corrected chi connectivity index (χ3v) is 6.93. The number of carbonyl (C=O) groups excluding carboxylic acids is 2. The minimum atomic E-state index is -4.89. The van der Waals surface area contributed by atoms with Gasteiger partial charge in [-0.15, -0.1) is 4.49 Å². The van der Waals surface area contributed by atoms with Gasteiger partial charge in [-0.1, -0.05) is 23.7 Å². The predicted molar refractivity (Wildman–Crippen MR) is 96.0 cm³/mol. The average Bonchev–Trinajstić information content (AvgIpc) is 2.54. The Hall–Kier alpha value is -1.69. The molecule has 14 heteroatoms. The quantitative estimate of drug-likeness (QED) is 0.375. The first kappa shape index (κ1) is 21.6. The molecule has 0 aliphatic carbocycles. The van der Waals surface area contributed by atoms with E-state index in [-0.39, 0.29) is 19.6 Å². The number of halogens is 1. The maximum Gasteiger partial charge on any atom is 0.408 e. The van der Waals surface area contributed by atoms with Crippen molar-refractivity contribution in [1.29, 1.82) is 0 Å². The smallest absolute Gasteiger partial charge is 0.408 e. The second kappa shape index (κ2) is 8.55. The molecule has 1 aromatic rings. The fraction of sp³-hybridized carbons (Fsp3) is 0.385. The first-order valence-corrected chi connectivity index (χ1v) is 11.2. The topological polar surface area (TPSA) is 168 Å². The minimum absolute atomic E-state index is 0.0622. The van der Waals surface area contributed by atoms with Crippen molar-refractivity contribution in [2.45, 2.75) is 25.5 Å². The van der Waals surface area contributed by atoms with Crippen LogP contribution in [0.15, 0.2) is 24.3 Å². The van der Waals surface area contributed by atoms with Crippen LogP contribution in [0, 0.1) is 0 Å². The molecule has 27 heavy (non-hydrogen) atoms. The number of nitrogens with zero attached hydrogens (tertiary/aromatic N) is 1. The summed E-state index contributed by atoms with van der Waals surface area (Å²) in [5, 5.41) is 2.85. The number of hydrogen-bond donors (Lipinski definition) is 4. The van der Waals surface area contributed by atoms with Crippen LogP contribution in [-0.2, 0) is 31.0 Å². The Morgan fingerprint density at radius 2 is 2.04 bits per heavy atom. The Balaban J connectivity index is 1.95. The van der Waals surface area contributed by atoms with Gasteiger partial charge in [0, 0.05) is 11.6 Å². The highest BCUT2D eigenvalue weighted by molar-refractivity contribution is 7.90. The van der Waals surface area contributed by atoms with E-state index < -0.39 is 35.9 Å². The number of rotatable bonds is 6. The summed E-state index contributed by atoms with van der Waals surface area (Å²) in [6.07, 6.45) is -0.376. The highest BCUT2D eigenvalue weighted by Gasteiger charge is 2.40. The maximum absolute atomic E-state index is 12.4. The number of carbonyl (C=O) groups is 2. The molecule has 1 heterocycles. The lowest BCUT2D eigenvalue weighted by Gasteiger charge is -2.35. The molecule has 0 bridgehead atoms. The molecule has 1 unspecified atom stereocenters. The van der Waals surface area contributed by atoms with Crippen LogP contribution in [0.4, 0.5) is 4.79 Å². The monoisotopic (exact) mass is 440 g/mol. The number of piperidine rings is 1. The van der Waals surface area contributed by atoms with Crippen molar-refractivity contribution in [3.8, 4) is 0 Å². The van der Waals surface area contributed by atoms with Gasteiger partial charge < -0.3 is 10.1 Å². The molecule has 2 rings (SSSR count). The fourth-order valence-electron chi connectivity index (χ4n) is 2.42. The van der Waals surface area contributed by atoms with Crippen LogP contribution in [0.2, 0.25) is 5.02 Å². The first-order chi connectivity index (χ1) is 12.5. The van der Waals surface area contributed by atoms with Crippen LogP contribution >= 0.6 is 19.2 Å². The van der Waals surface area contributed by atoms with E-state index in [4.69, 9.17) is 26.4 Å². The summed E-state index contributed by atoms with van der Waals surface area (Å²) in [5.74, 6) is -0.855. The molecule has 2 atom stereocenters. The summed E-state index contributed by atoms with van der Waals surface area (Å²) in [6.45, 7) is -0.166. The molecule has 0 spiro atoms. The van der Waals surface area contributed by atoms with E-state index in [1.807, 2.05) is 0 Å². The van der Waals surface area contributed by atoms with Crippen LogP contribution in [0.5, 0.6) is 0 Å². The van der Waals surface area contributed by atoms with Crippen molar-refractivity contribution >= 4 is 41.5 Å². The number of benzene rings is 1. The van der Waals surface area contributed by atoms with Crippen LogP contribution in [0.25, 0.3) is 0 Å². The Labute approximate surface area is 160 Å². The zero-order valence-corrected chi connectivity index (χ0v) is 16.3. The number of ether oxygens (including phenoxy) is 1. The molecule has 1 aliphatic rings. The van der Waals surface area contributed by atoms with Crippen LogP contribution in [0.1, 0.15) is 18.4 Å². The van der Waals surface area contributed by atoms with Gasteiger partial charge in [0.1, 0.15) is 12.6 Å². The lowest BCUT2D eigenvalue weighted by atomic mass is 10.1. The molecule has 0 radical (unpaired) electrons. The van der Waals surface area contributed by atoms with Crippen molar-refractivity contribution in [3.05, 3.63) is 34.9 Å². The zero-order valence-electron chi connectivity index (χ0n) is 13.9. The SMILES string of the molecule is NP(=O)(NS(=O)(=O)O)N1CCC[C@@H](NC(=O)OCc2ccc(Cl)cc2)C1=O. The molecule has 2 amide bonds. The largest absolute Gasteiger partial charge is 0.445 e. The summed E-state index contributed by atoms with van der Waals surface area (Å²) >= 11 is 5.76. The van der Waals surface area contributed by atoms with Crippen molar-refractivity contribution in [2.75, 3.05) is 6.54 Å². The van der Waals surface area contributed by atoms with Gasteiger partial charge >= 0.3 is 24.0 Å². The number of nitrogens with two attached hydrogens (primary N) is 1. The lowest BCUT2D eigenvalue weighted by molar-refractivity contribution is -0.130. The van der Waals surface area contributed by atoms with Crippen molar-refractivity contribution in [3.63, 3.8) is 0 Å². The lowest BCUT2D eigenvalue weighted by Crippen LogP contribution is -2.53. The van der Waals surface area contributed by atoms with E-state index in [9.17, 15) is 22.6 Å². The van der Waals surface area contributed by atoms with Gasteiger partial charge in [-0.2, -0.15) is 8.42 Å². The number of hydrogen-bond acceptors (Lipinski definition) is 6. The van der Waals surface area contributed by atoms with Crippen molar-refractivity contribution in [1.82, 2.24) is 14.5 Å². The molecule has 1 aromatic carbocycles. The van der Waals surface area contributed by atoms with Gasteiger partial charge in [0.25, 0.3) is 5.91 Å². The minimum Gasteiger partial charge on any atom is -0.445 e. The van der Waals surface area contributed by atoms with Gasteiger partial charge in [0.2, 0.25) is 0 Å². The molecular weight excluding hydrogens is 423 g/mol. The molecule has 1 saturated heterocycles. The molecule has 0 aromatic heterocycles. The Bertz CT molecular complexity index is 864. The van der Waals surface area contributed by atoms with Gasteiger partial charge in [-0.25, -0.2) is 4.79 Å². The van der Waals surface area contributed by atoms with E-state index >= 15 is 0 Å². The molecule has 0 saturated carbocycles. The molecular formula is C13H18ClN4O7PS. The Morgan fingerprint density at radius 3 is 2.63 bits per heavy atom. The van der Waals surface area contributed by atoms with Gasteiger partial charge in [-0.05, 0) is 30.5 Å². The van der Waals surface area contributed by atoms with Gasteiger partial charge in [0.15, 0.2) is 0 Å². The molecule has 150 valence electrons. The second-order valence-corrected chi connectivity index (χ2v) is 9.54. The van der Waals surface area contributed by atoms with Crippen LogP contribution in [-0.4, -0.2) is 42.2 Å². The molecule has 1 fully saturated rings. The normalized spacial score (nSPS) is 20.0.